The number of Topliss-reactive ketones (excluding diaryl/α,β-unsaturated/α-hetero) is 1. The van der Waals surface area contributed by atoms with Gasteiger partial charge >= 0.3 is 0 Å². The number of hydrogen-bond donors (Lipinski definition) is 0. The molecule has 0 saturated heterocycles. The van der Waals surface area contributed by atoms with Crippen molar-refractivity contribution in [1.29, 1.82) is 0 Å². The lowest BCUT2D eigenvalue weighted by atomic mass is 9.99. The van der Waals surface area contributed by atoms with Gasteiger partial charge in [-0.25, -0.2) is 0 Å². The van der Waals surface area contributed by atoms with Crippen LogP contribution in [0.1, 0.15) is 29.5 Å². The Kier molecular flexibility index (Phi) is 6.80. The zero-order valence-corrected chi connectivity index (χ0v) is 20.2. The lowest BCUT2D eigenvalue weighted by Gasteiger charge is -2.20. The fourth-order valence-corrected chi connectivity index (χ4v) is 4.19. The largest absolute Gasteiger partial charge is 0.495 e. The smallest absolute Gasteiger partial charge is 0.247 e. The lowest BCUT2D eigenvalue weighted by molar-refractivity contribution is -0.136. The molecular weight excluding hydrogens is 492 g/mol. The maximum absolute atomic E-state index is 13.2. The number of ether oxygens (including phenoxy) is 4. The minimum Gasteiger partial charge on any atom is -0.495 e. The summed E-state index contributed by atoms with van der Waals surface area (Å²) in [6.45, 7) is 1.73. The Morgan fingerprint density at radius 3 is 2.27 bits per heavy atom. The fraction of sp³-hybridized carbons (Fsp3) is 0.292. The molecule has 0 amide bonds. The molecule has 1 aromatic heterocycles. The number of methoxy groups -OCH3 is 3. The first-order chi connectivity index (χ1) is 15.9. The van der Waals surface area contributed by atoms with Gasteiger partial charge in [0, 0.05) is 31.6 Å². The van der Waals surface area contributed by atoms with Crippen LogP contribution in [-0.4, -0.2) is 43.4 Å². The van der Waals surface area contributed by atoms with Crippen molar-refractivity contribution in [2.24, 2.45) is 0 Å². The number of aromatic nitrogens is 2. The minimum absolute atomic E-state index is 0.166. The molecule has 9 heteroatoms. The number of hydrogen-bond acceptors (Lipinski definition) is 8. The van der Waals surface area contributed by atoms with Crippen LogP contribution in [-0.2, 0) is 14.3 Å². The number of halogens is 1. The van der Waals surface area contributed by atoms with Gasteiger partial charge in [-0.2, -0.15) is 0 Å². The lowest BCUT2D eigenvalue weighted by Crippen LogP contribution is -2.27. The van der Waals surface area contributed by atoms with Crippen LogP contribution in [0.15, 0.2) is 51.4 Å². The zero-order valence-electron chi connectivity index (χ0n) is 18.6. The van der Waals surface area contributed by atoms with Gasteiger partial charge in [-0.3, -0.25) is 4.79 Å². The Labute approximate surface area is 199 Å². The Morgan fingerprint density at radius 2 is 1.73 bits per heavy atom. The maximum Gasteiger partial charge on any atom is 0.247 e. The Hall–Kier alpha value is -3.17. The number of rotatable bonds is 8. The summed E-state index contributed by atoms with van der Waals surface area (Å²) in [6.07, 6.45) is 0.894. The molecule has 4 rings (SSSR count). The van der Waals surface area contributed by atoms with E-state index in [2.05, 4.69) is 26.1 Å². The van der Waals surface area contributed by atoms with Gasteiger partial charge in [-0.1, -0.05) is 12.1 Å². The minimum atomic E-state index is -0.768. The molecule has 0 saturated carbocycles. The SMILES string of the molecule is COc1cc(C2=CCC(C(=O)C(OC)c3ccc(-c4nnc(C)o4)cc3)O2)cc(OC)c1Br. The second kappa shape index (κ2) is 9.76. The Balaban J connectivity index is 1.49. The maximum atomic E-state index is 13.2. The Morgan fingerprint density at radius 1 is 1.06 bits per heavy atom. The number of aryl methyl sites for hydroxylation is 1. The molecule has 172 valence electrons. The van der Waals surface area contributed by atoms with E-state index in [4.69, 9.17) is 23.4 Å². The van der Waals surface area contributed by atoms with Gasteiger partial charge < -0.3 is 23.4 Å². The van der Waals surface area contributed by atoms with Crippen LogP contribution < -0.4 is 9.47 Å². The highest BCUT2D eigenvalue weighted by Gasteiger charge is 2.33. The highest BCUT2D eigenvalue weighted by Crippen LogP contribution is 2.40. The molecule has 0 N–H and O–H groups in total. The average molecular weight is 515 g/mol. The summed E-state index contributed by atoms with van der Waals surface area (Å²) < 4.78 is 28.5. The van der Waals surface area contributed by atoms with E-state index in [1.54, 1.807) is 21.1 Å². The van der Waals surface area contributed by atoms with E-state index in [1.807, 2.05) is 42.5 Å². The summed E-state index contributed by atoms with van der Waals surface area (Å²) in [7, 11) is 4.66. The van der Waals surface area contributed by atoms with Crippen molar-refractivity contribution in [3.05, 3.63) is 64.0 Å². The van der Waals surface area contributed by atoms with E-state index in [1.165, 1.54) is 7.11 Å². The molecule has 33 heavy (non-hydrogen) atoms. The molecule has 0 fully saturated rings. The third-order valence-electron chi connectivity index (χ3n) is 5.31. The number of ketones is 1. The van der Waals surface area contributed by atoms with E-state index in [0.717, 1.165) is 11.1 Å². The van der Waals surface area contributed by atoms with Gasteiger partial charge in [-0.05, 0) is 51.8 Å². The third kappa shape index (κ3) is 4.65. The van der Waals surface area contributed by atoms with Gasteiger partial charge in [0.15, 0.2) is 6.10 Å². The molecule has 2 heterocycles. The molecule has 8 nitrogen and oxygen atoms in total. The second-order valence-corrected chi connectivity index (χ2v) is 8.16. The van der Waals surface area contributed by atoms with Crippen molar-refractivity contribution in [1.82, 2.24) is 10.2 Å². The predicted octanol–water partition coefficient (Wildman–Crippen LogP) is 4.91. The standard InChI is InChI=1S/C24H23BrN2O6/c1-13-26-27-24(32-13)15-7-5-14(6-8-15)23(31-4)22(28)18-10-9-17(33-18)16-11-19(29-2)21(25)20(12-16)30-3/h5-9,11-12,18,23H,10H2,1-4H3. The van der Waals surface area contributed by atoms with E-state index in [-0.39, 0.29) is 5.78 Å². The molecule has 3 aromatic rings. The molecule has 0 aliphatic carbocycles. The molecule has 0 spiro atoms. The van der Waals surface area contributed by atoms with Crippen molar-refractivity contribution < 1.29 is 28.2 Å². The van der Waals surface area contributed by atoms with Crippen molar-refractivity contribution in [2.75, 3.05) is 21.3 Å². The highest BCUT2D eigenvalue weighted by atomic mass is 79.9. The fourth-order valence-electron chi connectivity index (χ4n) is 3.63. The van der Waals surface area contributed by atoms with Crippen LogP contribution in [0.4, 0.5) is 0 Å². The van der Waals surface area contributed by atoms with E-state index >= 15 is 0 Å². The van der Waals surface area contributed by atoms with Crippen molar-refractivity contribution in [3.63, 3.8) is 0 Å². The van der Waals surface area contributed by atoms with Crippen LogP contribution in [0.2, 0.25) is 0 Å². The molecule has 2 atom stereocenters. The number of carbonyl (C=O) groups is 1. The van der Waals surface area contributed by atoms with Gasteiger partial charge in [-0.15, -0.1) is 10.2 Å². The van der Waals surface area contributed by atoms with E-state index in [9.17, 15) is 4.79 Å². The quantitative estimate of drug-likeness (QED) is 0.418. The third-order valence-corrected chi connectivity index (χ3v) is 6.10. The van der Waals surface area contributed by atoms with Crippen LogP contribution in [0, 0.1) is 6.92 Å². The van der Waals surface area contributed by atoms with E-state index < -0.39 is 12.2 Å². The van der Waals surface area contributed by atoms with Crippen LogP contribution in [0.5, 0.6) is 11.5 Å². The Bertz CT molecular complexity index is 1160. The summed E-state index contributed by atoms with van der Waals surface area (Å²) in [5.74, 6) is 2.55. The van der Waals surface area contributed by atoms with Gasteiger partial charge in [0.25, 0.3) is 0 Å². The van der Waals surface area contributed by atoms with Crippen molar-refractivity contribution >= 4 is 27.5 Å². The summed E-state index contributed by atoms with van der Waals surface area (Å²) in [6, 6.07) is 10.9. The van der Waals surface area contributed by atoms with Gasteiger partial charge in [0.05, 0.1) is 14.2 Å². The first kappa shape index (κ1) is 23.0. The first-order valence-corrected chi connectivity index (χ1v) is 11.0. The average Bonchev–Trinajstić information content (AvgIpc) is 3.50. The number of benzene rings is 2. The molecule has 0 bridgehead atoms. The van der Waals surface area contributed by atoms with Crippen LogP contribution in [0.3, 0.4) is 0 Å². The van der Waals surface area contributed by atoms with Gasteiger partial charge in [0.2, 0.25) is 17.6 Å². The molecule has 1 aliphatic rings. The summed E-state index contributed by atoms with van der Waals surface area (Å²) >= 11 is 3.46. The predicted molar refractivity (Wildman–Crippen MR) is 124 cm³/mol. The normalized spacial score (nSPS) is 16.2. The monoisotopic (exact) mass is 514 g/mol. The van der Waals surface area contributed by atoms with E-state index in [0.29, 0.717) is 45.5 Å². The van der Waals surface area contributed by atoms with Crippen molar-refractivity contribution in [2.45, 2.75) is 25.6 Å². The number of nitrogens with zero attached hydrogens (tertiary/aromatic N) is 2. The molecule has 0 radical (unpaired) electrons. The highest BCUT2D eigenvalue weighted by molar-refractivity contribution is 9.10. The number of carbonyl (C=O) groups excluding carboxylic acids is 1. The molecule has 1 aliphatic heterocycles. The summed E-state index contributed by atoms with van der Waals surface area (Å²) in [5, 5.41) is 7.85. The summed E-state index contributed by atoms with van der Waals surface area (Å²) in [5.41, 5.74) is 2.24. The zero-order chi connectivity index (χ0) is 23.5. The molecule has 2 aromatic carbocycles. The van der Waals surface area contributed by atoms with Crippen LogP contribution >= 0.6 is 15.9 Å². The summed E-state index contributed by atoms with van der Waals surface area (Å²) in [4.78, 5) is 13.2. The van der Waals surface area contributed by atoms with Crippen molar-refractivity contribution in [3.8, 4) is 23.0 Å². The molecule has 2 unspecified atom stereocenters. The topological polar surface area (TPSA) is 92.9 Å². The molecular formula is C24H23BrN2O6. The van der Waals surface area contributed by atoms with Crippen LogP contribution in [0.25, 0.3) is 17.2 Å². The second-order valence-electron chi connectivity index (χ2n) is 7.37. The first-order valence-electron chi connectivity index (χ1n) is 10.2. The van der Waals surface area contributed by atoms with Gasteiger partial charge in [0.1, 0.15) is 27.8 Å².